The van der Waals surface area contributed by atoms with E-state index in [2.05, 4.69) is 21.9 Å². The topological polar surface area (TPSA) is 75.2 Å². The van der Waals surface area contributed by atoms with Gasteiger partial charge in [0.25, 0.3) is 0 Å². The van der Waals surface area contributed by atoms with E-state index in [4.69, 9.17) is 24.0 Å². The molecule has 1 aliphatic carbocycles. The molecular formula is C25H28N4O3. The molecule has 1 saturated heterocycles. The third kappa shape index (κ3) is 3.18. The maximum absolute atomic E-state index is 5.85. The van der Waals surface area contributed by atoms with Crippen molar-refractivity contribution in [3.63, 3.8) is 0 Å². The first-order valence-corrected chi connectivity index (χ1v) is 11.5. The first-order valence-electron chi connectivity index (χ1n) is 11.5. The van der Waals surface area contributed by atoms with Crippen LogP contribution in [0, 0.1) is 19.8 Å². The summed E-state index contributed by atoms with van der Waals surface area (Å²) in [7, 11) is 1.71. The van der Waals surface area contributed by atoms with Crippen molar-refractivity contribution in [3.05, 3.63) is 35.6 Å². The highest BCUT2D eigenvalue weighted by molar-refractivity contribution is 6.05. The van der Waals surface area contributed by atoms with Gasteiger partial charge >= 0.3 is 0 Å². The van der Waals surface area contributed by atoms with Crippen LogP contribution in [0.3, 0.4) is 0 Å². The zero-order chi connectivity index (χ0) is 21.8. The van der Waals surface area contributed by atoms with Crippen LogP contribution in [0.1, 0.15) is 48.9 Å². The van der Waals surface area contributed by atoms with Gasteiger partial charge in [0, 0.05) is 36.6 Å². The second-order valence-electron chi connectivity index (χ2n) is 9.17. The third-order valence-electron chi connectivity index (χ3n) is 6.95. The summed E-state index contributed by atoms with van der Waals surface area (Å²) in [6.45, 7) is 6.53. The van der Waals surface area contributed by atoms with Crippen LogP contribution in [-0.4, -0.2) is 40.0 Å². The molecule has 166 valence electrons. The first-order chi connectivity index (χ1) is 15.6. The summed E-state index contributed by atoms with van der Waals surface area (Å²) < 4.78 is 19.4. The molecule has 0 unspecified atom stereocenters. The summed E-state index contributed by atoms with van der Waals surface area (Å²) in [6.07, 6.45) is 6.58. The number of rotatable bonds is 5. The number of hydrogen-bond donors (Lipinski definition) is 0. The number of aromatic nitrogens is 4. The second-order valence-corrected chi connectivity index (χ2v) is 9.17. The number of methoxy groups -OCH3 is 1. The van der Waals surface area contributed by atoms with E-state index < -0.39 is 0 Å². The fraction of sp³-hybridized carbons (Fsp3) is 0.480. The molecule has 0 amide bonds. The van der Waals surface area contributed by atoms with Crippen molar-refractivity contribution in [1.82, 2.24) is 19.7 Å². The summed E-state index contributed by atoms with van der Waals surface area (Å²) in [6, 6.07) is 4.22. The zero-order valence-corrected chi connectivity index (χ0v) is 18.9. The van der Waals surface area contributed by atoms with E-state index in [9.17, 15) is 0 Å². The highest BCUT2D eigenvalue weighted by atomic mass is 16.5. The Morgan fingerprint density at radius 3 is 2.59 bits per heavy atom. The number of fused-ring (bicyclic) bond motifs is 3. The van der Waals surface area contributed by atoms with Crippen LogP contribution in [0.25, 0.3) is 33.1 Å². The van der Waals surface area contributed by atoms with Crippen molar-refractivity contribution in [2.24, 2.45) is 5.92 Å². The van der Waals surface area contributed by atoms with E-state index in [1.807, 2.05) is 20.0 Å². The Hall–Kier alpha value is -2.93. The summed E-state index contributed by atoms with van der Waals surface area (Å²) in [5.74, 6) is 3.96. The number of imidazole rings is 1. The van der Waals surface area contributed by atoms with E-state index in [0.717, 1.165) is 83.3 Å². The maximum Gasteiger partial charge on any atom is 0.141 e. The molecule has 2 aliphatic rings. The van der Waals surface area contributed by atoms with Crippen LogP contribution < -0.4 is 4.74 Å². The molecule has 0 atom stereocenters. The molecule has 1 aliphatic heterocycles. The smallest absolute Gasteiger partial charge is 0.141 e. The van der Waals surface area contributed by atoms with Gasteiger partial charge in [0.2, 0.25) is 0 Å². The monoisotopic (exact) mass is 432 g/mol. The Labute approximate surface area is 186 Å². The Balaban J connectivity index is 1.59. The van der Waals surface area contributed by atoms with Gasteiger partial charge in [-0.2, -0.15) is 0 Å². The number of pyridine rings is 1. The molecule has 3 aromatic heterocycles. The van der Waals surface area contributed by atoms with Gasteiger partial charge < -0.3 is 18.6 Å². The van der Waals surface area contributed by atoms with E-state index >= 15 is 0 Å². The molecule has 6 rings (SSSR count). The van der Waals surface area contributed by atoms with Crippen LogP contribution in [0.4, 0.5) is 0 Å². The molecule has 7 nitrogen and oxygen atoms in total. The molecule has 1 aromatic carbocycles. The van der Waals surface area contributed by atoms with E-state index in [1.54, 1.807) is 7.11 Å². The molecule has 4 aromatic rings. The van der Waals surface area contributed by atoms with Gasteiger partial charge in [-0.25, -0.2) is 4.98 Å². The first kappa shape index (κ1) is 19.7. The van der Waals surface area contributed by atoms with Crippen molar-refractivity contribution in [3.8, 4) is 16.9 Å². The minimum absolute atomic E-state index is 0.438. The van der Waals surface area contributed by atoms with Gasteiger partial charge in [0.1, 0.15) is 22.9 Å². The Bertz CT molecular complexity index is 1290. The molecule has 7 heteroatoms. The summed E-state index contributed by atoms with van der Waals surface area (Å²) in [5, 5.41) is 5.22. The molecule has 4 heterocycles. The van der Waals surface area contributed by atoms with Crippen LogP contribution in [0.5, 0.6) is 5.75 Å². The van der Waals surface area contributed by atoms with Gasteiger partial charge in [-0.3, -0.25) is 4.98 Å². The van der Waals surface area contributed by atoms with Crippen LogP contribution in [0.2, 0.25) is 0 Å². The SMILES string of the molecule is COc1cc2c(cc1-c1c(C)noc1C)ncc1nc(C3CCOCC3)n(CC3CC3)c12. The highest BCUT2D eigenvalue weighted by Gasteiger charge is 2.29. The lowest BCUT2D eigenvalue weighted by atomic mass is 9.99. The maximum atomic E-state index is 5.85. The van der Waals surface area contributed by atoms with Crippen molar-refractivity contribution < 1.29 is 14.0 Å². The molecule has 0 bridgehead atoms. The third-order valence-corrected chi connectivity index (χ3v) is 6.95. The Kier molecular flexibility index (Phi) is 4.68. The molecule has 1 saturated carbocycles. The summed E-state index contributed by atoms with van der Waals surface area (Å²) in [4.78, 5) is 9.90. The quantitative estimate of drug-likeness (QED) is 0.433. The van der Waals surface area contributed by atoms with Crippen LogP contribution in [-0.2, 0) is 11.3 Å². The molecule has 0 radical (unpaired) electrons. The molecule has 2 fully saturated rings. The number of nitrogens with zero attached hydrogens (tertiary/aromatic N) is 4. The lowest BCUT2D eigenvalue weighted by Crippen LogP contribution is -2.18. The minimum Gasteiger partial charge on any atom is -0.496 e. The average Bonchev–Trinajstić information content (AvgIpc) is 3.47. The largest absolute Gasteiger partial charge is 0.496 e. The van der Waals surface area contributed by atoms with E-state index in [0.29, 0.717) is 5.92 Å². The Morgan fingerprint density at radius 2 is 1.91 bits per heavy atom. The minimum atomic E-state index is 0.438. The van der Waals surface area contributed by atoms with Gasteiger partial charge in [-0.15, -0.1) is 0 Å². The summed E-state index contributed by atoms with van der Waals surface area (Å²) >= 11 is 0. The second kappa shape index (κ2) is 7.59. The van der Waals surface area contributed by atoms with Crippen molar-refractivity contribution >= 4 is 21.9 Å². The van der Waals surface area contributed by atoms with Gasteiger partial charge in [0.05, 0.1) is 35.6 Å². The lowest BCUT2D eigenvalue weighted by molar-refractivity contribution is 0.0829. The predicted octanol–water partition coefficient (Wildman–Crippen LogP) is 5.17. The molecule has 0 N–H and O–H groups in total. The van der Waals surface area contributed by atoms with Gasteiger partial charge in [-0.05, 0) is 57.6 Å². The fourth-order valence-corrected chi connectivity index (χ4v) is 5.10. The zero-order valence-electron chi connectivity index (χ0n) is 18.9. The van der Waals surface area contributed by atoms with Crippen molar-refractivity contribution in [2.75, 3.05) is 20.3 Å². The van der Waals surface area contributed by atoms with Gasteiger partial charge in [0.15, 0.2) is 0 Å². The van der Waals surface area contributed by atoms with E-state index in [1.165, 1.54) is 24.2 Å². The predicted molar refractivity (Wildman–Crippen MR) is 122 cm³/mol. The van der Waals surface area contributed by atoms with Gasteiger partial charge in [-0.1, -0.05) is 5.16 Å². The Morgan fingerprint density at radius 1 is 1.09 bits per heavy atom. The normalized spacial score (nSPS) is 17.5. The molecule has 32 heavy (non-hydrogen) atoms. The number of aryl methyl sites for hydroxylation is 2. The highest BCUT2D eigenvalue weighted by Crippen LogP contribution is 2.41. The van der Waals surface area contributed by atoms with Crippen LogP contribution in [0.15, 0.2) is 22.9 Å². The van der Waals surface area contributed by atoms with E-state index in [-0.39, 0.29) is 0 Å². The molecule has 0 spiro atoms. The van der Waals surface area contributed by atoms with Crippen molar-refractivity contribution in [1.29, 1.82) is 0 Å². The number of ether oxygens (including phenoxy) is 2. The molecular weight excluding hydrogens is 404 g/mol. The van der Waals surface area contributed by atoms with Crippen LogP contribution >= 0.6 is 0 Å². The average molecular weight is 433 g/mol. The number of benzene rings is 1. The summed E-state index contributed by atoms with van der Waals surface area (Å²) in [5.41, 5.74) is 5.85. The number of hydrogen-bond acceptors (Lipinski definition) is 6. The lowest BCUT2D eigenvalue weighted by Gasteiger charge is -2.23. The van der Waals surface area contributed by atoms with Crippen molar-refractivity contribution in [2.45, 2.75) is 52.0 Å². The standard InChI is InChI=1S/C25H28N4O3/c1-14-23(15(2)32-28-14)19-10-20-18(11-22(19)30-3)24-21(12-26-20)27-25(17-6-8-31-9-7-17)29(24)13-16-4-5-16/h10-12,16-17H,4-9,13H2,1-3H3. The fourth-order valence-electron chi connectivity index (χ4n) is 5.10.